The van der Waals surface area contributed by atoms with Gasteiger partial charge >= 0.3 is 5.97 Å². The number of furan rings is 1. The molecule has 2 aliphatic rings. The van der Waals surface area contributed by atoms with Crippen LogP contribution in [0.3, 0.4) is 0 Å². The summed E-state index contributed by atoms with van der Waals surface area (Å²) < 4.78 is 5.06. The standard InChI is InChI=1S/C13H13NO5/c1-13(2)8-9(13)11(16)14(10(8)15)5-7-6(12(17)18)3-4-19-7/h3-4,8-9H,5H2,1-2H3,(H,17,18). The van der Waals surface area contributed by atoms with Crippen LogP contribution in [0.2, 0.25) is 0 Å². The first-order chi connectivity index (χ1) is 8.85. The van der Waals surface area contributed by atoms with Gasteiger partial charge in [0.05, 0.1) is 24.6 Å². The Hall–Kier alpha value is -2.11. The molecule has 2 heterocycles. The van der Waals surface area contributed by atoms with E-state index in [0.717, 1.165) is 4.90 Å². The maximum absolute atomic E-state index is 12.1. The van der Waals surface area contributed by atoms with Crippen LogP contribution in [-0.4, -0.2) is 27.8 Å². The van der Waals surface area contributed by atoms with Crippen LogP contribution in [0, 0.1) is 17.3 Å². The zero-order chi connectivity index (χ0) is 13.9. The van der Waals surface area contributed by atoms with Gasteiger partial charge in [-0.15, -0.1) is 0 Å². The molecule has 1 aromatic heterocycles. The van der Waals surface area contributed by atoms with Crippen LogP contribution in [-0.2, 0) is 16.1 Å². The topological polar surface area (TPSA) is 87.8 Å². The predicted octanol–water partition coefficient (Wildman–Crippen LogP) is 1.12. The summed E-state index contributed by atoms with van der Waals surface area (Å²) in [4.78, 5) is 36.2. The second-order valence-corrected chi connectivity index (χ2v) is 5.60. The number of likely N-dealkylation sites (tertiary alicyclic amines) is 1. The minimum absolute atomic E-state index is 0.0135. The fraction of sp³-hybridized carbons (Fsp3) is 0.462. The number of fused-ring (bicyclic) bond motifs is 1. The van der Waals surface area contributed by atoms with Gasteiger partial charge in [-0.1, -0.05) is 13.8 Å². The molecule has 6 heteroatoms. The van der Waals surface area contributed by atoms with Crippen LogP contribution in [0.25, 0.3) is 0 Å². The van der Waals surface area contributed by atoms with Crippen molar-refractivity contribution in [2.24, 2.45) is 17.3 Å². The number of amides is 2. The molecule has 0 radical (unpaired) electrons. The molecule has 1 aromatic rings. The number of hydrogen-bond acceptors (Lipinski definition) is 4. The van der Waals surface area contributed by atoms with Crippen LogP contribution < -0.4 is 0 Å². The zero-order valence-electron chi connectivity index (χ0n) is 10.5. The molecule has 2 atom stereocenters. The normalized spacial score (nSPS) is 27.6. The molecular formula is C13H13NO5. The zero-order valence-corrected chi connectivity index (χ0v) is 10.5. The molecule has 2 amide bonds. The highest BCUT2D eigenvalue weighted by Gasteiger charge is 2.72. The van der Waals surface area contributed by atoms with Gasteiger partial charge in [0.1, 0.15) is 11.3 Å². The molecule has 3 rings (SSSR count). The van der Waals surface area contributed by atoms with E-state index in [1.165, 1.54) is 12.3 Å². The van der Waals surface area contributed by atoms with Crippen LogP contribution in [0.5, 0.6) is 0 Å². The monoisotopic (exact) mass is 263 g/mol. The molecule has 0 bridgehead atoms. The SMILES string of the molecule is CC1(C)C2C(=O)N(Cc3occc3C(=O)O)C(=O)C21. The van der Waals surface area contributed by atoms with E-state index in [9.17, 15) is 14.4 Å². The fourth-order valence-corrected chi connectivity index (χ4v) is 2.96. The van der Waals surface area contributed by atoms with Crippen molar-refractivity contribution in [2.45, 2.75) is 20.4 Å². The summed E-state index contributed by atoms with van der Waals surface area (Å²) in [5, 5.41) is 8.96. The molecule has 0 spiro atoms. The molecule has 19 heavy (non-hydrogen) atoms. The van der Waals surface area contributed by atoms with Gasteiger partial charge in [0.15, 0.2) is 0 Å². The van der Waals surface area contributed by atoms with Gasteiger partial charge in [0.2, 0.25) is 11.8 Å². The van der Waals surface area contributed by atoms with Gasteiger partial charge in [-0.3, -0.25) is 14.5 Å². The maximum Gasteiger partial charge on any atom is 0.339 e. The summed E-state index contributed by atoms with van der Waals surface area (Å²) in [5.41, 5.74) is -0.274. The lowest BCUT2D eigenvalue weighted by Crippen LogP contribution is -2.35. The molecule has 1 saturated heterocycles. The number of rotatable bonds is 3. The summed E-state index contributed by atoms with van der Waals surface area (Å²) in [6, 6.07) is 1.31. The Morgan fingerprint density at radius 2 is 1.95 bits per heavy atom. The lowest BCUT2D eigenvalue weighted by molar-refractivity contribution is -0.144. The van der Waals surface area contributed by atoms with Crippen molar-refractivity contribution in [1.29, 1.82) is 0 Å². The lowest BCUT2D eigenvalue weighted by atomic mass is 10.1. The van der Waals surface area contributed by atoms with Crippen LogP contribution in [0.4, 0.5) is 0 Å². The Kier molecular flexibility index (Phi) is 2.18. The first-order valence-corrected chi connectivity index (χ1v) is 6.00. The average Bonchev–Trinajstić information content (AvgIpc) is 2.65. The van der Waals surface area contributed by atoms with Crippen molar-refractivity contribution >= 4 is 17.8 Å². The number of aromatic carboxylic acids is 1. The predicted molar refractivity (Wildman–Crippen MR) is 62.0 cm³/mol. The minimum atomic E-state index is -1.13. The molecule has 1 aliphatic carbocycles. The van der Waals surface area contributed by atoms with Crippen LogP contribution >= 0.6 is 0 Å². The van der Waals surface area contributed by atoms with E-state index < -0.39 is 5.97 Å². The third-order valence-electron chi connectivity index (χ3n) is 4.17. The van der Waals surface area contributed by atoms with Gasteiger partial charge in [-0.25, -0.2) is 4.79 Å². The number of carbonyl (C=O) groups excluding carboxylic acids is 2. The first kappa shape index (κ1) is 12.0. The molecule has 1 N–H and O–H groups in total. The van der Waals surface area contributed by atoms with Crippen molar-refractivity contribution in [2.75, 3.05) is 0 Å². The fourth-order valence-electron chi connectivity index (χ4n) is 2.96. The van der Waals surface area contributed by atoms with Crippen LogP contribution in [0.15, 0.2) is 16.7 Å². The Morgan fingerprint density at radius 1 is 1.37 bits per heavy atom. The van der Waals surface area contributed by atoms with Crippen molar-refractivity contribution in [3.63, 3.8) is 0 Å². The lowest BCUT2D eigenvalue weighted by Gasteiger charge is -2.19. The Labute approximate surface area is 109 Å². The van der Waals surface area contributed by atoms with E-state index in [0.29, 0.717) is 0 Å². The summed E-state index contributed by atoms with van der Waals surface area (Å²) in [5.74, 6) is -1.98. The molecule has 0 aromatic carbocycles. The summed E-state index contributed by atoms with van der Waals surface area (Å²) >= 11 is 0. The van der Waals surface area contributed by atoms with E-state index in [-0.39, 0.29) is 46.9 Å². The average molecular weight is 263 g/mol. The second-order valence-electron chi connectivity index (χ2n) is 5.60. The number of piperidine rings is 1. The Balaban J connectivity index is 1.83. The molecule has 1 aliphatic heterocycles. The van der Waals surface area contributed by atoms with Crippen LogP contribution in [0.1, 0.15) is 30.0 Å². The summed E-state index contributed by atoms with van der Waals surface area (Å²) in [6.45, 7) is 3.69. The molecular weight excluding hydrogens is 250 g/mol. The smallest absolute Gasteiger partial charge is 0.339 e. The molecule has 2 fully saturated rings. The van der Waals surface area contributed by atoms with E-state index in [1.54, 1.807) is 0 Å². The largest absolute Gasteiger partial charge is 0.478 e. The molecule has 2 unspecified atom stereocenters. The summed E-state index contributed by atoms with van der Waals surface area (Å²) in [6.07, 6.45) is 1.24. The van der Waals surface area contributed by atoms with Gasteiger partial charge in [-0.2, -0.15) is 0 Å². The maximum atomic E-state index is 12.1. The number of carbonyl (C=O) groups is 3. The number of carboxylic acid groups (broad SMARTS) is 1. The first-order valence-electron chi connectivity index (χ1n) is 6.00. The van der Waals surface area contributed by atoms with E-state index in [4.69, 9.17) is 9.52 Å². The van der Waals surface area contributed by atoms with Crippen molar-refractivity contribution in [3.05, 3.63) is 23.7 Å². The highest BCUT2D eigenvalue weighted by Crippen LogP contribution is 2.63. The number of nitrogens with zero attached hydrogens (tertiary/aromatic N) is 1. The number of imide groups is 1. The third kappa shape index (κ3) is 1.46. The summed E-state index contributed by atoms with van der Waals surface area (Å²) in [7, 11) is 0. The van der Waals surface area contributed by atoms with Gasteiger partial charge < -0.3 is 9.52 Å². The van der Waals surface area contributed by atoms with Crippen molar-refractivity contribution in [1.82, 2.24) is 4.90 Å². The highest BCUT2D eigenvalue weighted by molar-refractivity contribution is 6.10. The van der Waals surface area contributed by atoms with E-state index in [1.807, 2.05) is 13.8 Å². The third-order valence-corrected chi connectivity index (χ3v) is 4.17. The van der Waals surface area contributed by atoms with Gasteiger partial charge in [0, 0.05) is 0 Å². The Morgan fingerprint density at radius 3 is 2.47 bits per heavy atom. The highest BCUT2D eigenvalue weighted by atomic mass is 16.4. The number of carboxylic acids is 1. The minimum Gasteiger partial charge on any atom is -0.478 e. The molecule has 1 saturated carbocycles. The molecule has 100 valence electrons. The van der Waals surface area contributed by atoms with Gasteiger partial charge in [-0.05, 0) is 11.5 Å². The van der Waals surface area contributed by atoms with Crippen molar-refractivity contribution in [3.8, 4) is 0 Å². The Bertz CT molecular complexity index is 576. The molecule has 6 nitrogen and oxygen atoms in total. The quantitative estimate of drug-likeness (QED) is 0.825. The van der Waals surface area contributed by atoms with E-state index >= 15 is 0 Å². The van der Waals surface area contributed by atoms with E-state index in [2.05, 4.69) is 0 Å². The van der Waals surface area contributed by atoms with Gasteiger partial charge in [0.25, 0.3) is 0 Å². The second kappa shape index (κ2) is 3.46. The number of hydrogen-bond donors (Lipinski definition) is 1. The van der Waals surface area contributed by atoms with Crippen molar-refractivity contribution < 1.29 is 23.9 Å².